The van der Waals surface area contributed by atoms with Gasteiger partial charge in [0.15, 0.2) is 0 Å². The summed E-state index contributed by atoms with van der Waals surface area (Å²) in [7, 11) is 0. The van der Waals surface area contributed by atoms with Crippen LogP contribution in [-0.4, -0.2) is 78.5 Å². The van der Waals surface area contributed by atoms with Crippen LogP contribution in [0.25, 0.3) is 0 Å². The molecule has 1 aromatic heterocycles. The molecule has 9 heteroatoms. The van der Waals surface area contributed by atoms with Crippen LogP contribution in [0.1, 0.15) is 41.7 Å². The highest BCUT2D eigenvalue weighted by Gasteiger charge is 2.49. The topological polar surface area (TPSA) is 79.8 Å². The number of aromatic nitrogens is 2. The molecule has 4 aliphatic heterocycles. The lowest BCUT2D eigenvalue weighted by Gasteiger charge is -2.31. The number of anilines is 1. The van der Waals surface area contributed by atoms with Gasteiger partial charge in [0.2, 0.25) is 0 Å². The zero-order valence-electron chi connectivity index (χ0n) is 16.0. The second-order valence-corrected chi connectivity index (χ2v) is 8.15. The molecule has 1 N–H and O–H groups in total. The summed E-state index contributed by atoms with van der Waals surface area (Å²) in [6.07, 6.45) is 2.60. The Hall–Kier alpha value is -2.00. The van der Waals surface area contributed by atoms with E-state index in [2.05, 4.69) is 25.1 Å². The third kappa shape index (κ3) is 3.10. The van der Waals surface area contributed by atoms with E-state index in [9.17, 15) is 9.18 Å². The predicted octanol–water partition coefficient (Wildman–Crippen LogP) is 0.902. The van der Waals surface area contributed by atoms with Gasteiger partial charge in [-0.1, -0.05) is 0 Å². The second kappa shape index (κ2) is 7.11. The molecule has 1 aromatic rings. The van der Waals surface area contributed by atoms with E-state index >= 15 is 0 Å². The third-order valence-electron chi connectivity index (χ3n) is 6.34. The minimum Gasteiger partial charge on any atom is -0.461 e. The summed E-state index contributed by atoms with van der Waals surface area (Å²) in [5, 5.41) is 2.83. The van der Waals surface area contributed by atoms with E-state index in [-0.39, 0.29) is 17.5 Å². The van der Waals surface area contributed by atoms with Crippen LogP contribution >= 0.6 is 0 Å². The summed E-state index contributed by atoms with van der Waals surface area (Å²) in [4.78, 5) is 25.7. The zero-order valence-corrected chi connectivity index (χ0v) is 16.0. The molecular weight excluding hydrogens is 365 g/mol. The lowest BCUT2D eigenvalue weighted by atomic mass is 9.95. The van der Waals surface area contributed by atoms with Gasteiger partial charge in [0.1, 0.15) is 24.2 Å². The Labute approximate surface area is 163 Å². The molecule has 0 aromatic carbocycles. The summed E-state index contributed by atoms with van der Waals surface area (Å²) in [5.41, 5.74) is 0.970. The Kier molecular flexibility index (Phi) is 4.59. The van der Waals surface area contributed by atoms with Crippen molar-refractivity contribution in [3.8, 4) is 6.01 Å². The first kappa shape index (κ1) is 18.1. The lowest BCUT2D eigenvalue weighted by molar-refractivity contribution is 0.0965. The minimum absolute atomic E-state index is 0.140. The quantitative estimate of drug-likeness (QED) is 0.817. The number of alkyl halides is 1. The molecule has 0 saturated carbocycles. The van der Waals surface area contributed by atoms with E-state index in [4.69, 9.17) is 9.47 Å². The van der Waals surface area contributed by atoms with Crippen molar-refractivity contribution < 1.29 is 18.7 Å². The summed E-state index contributed by atoms with van der Waals surface area (Å²) >= 11 is 0. The number of nitrogens with one attached hydrogen (secondary N) is 1. The first-order valence-electron chi connectivity index (χ1n) is 10.2. The van der Waals surface area contributed by atoms with Crippen LogP contribution in [0.15, 0.2) is 0 Å². The van der Waals surface area contributed by atoms with Gasteiger partial charge in [-0.05, 0) is 25.8 Å². The smallest absolute Gasteiger partial charge is 0.318 e. The van der Waals surface area contributed by atoms with Gasteiger partial charge in [-0.25, -0.2) is 4.39 Å². The Balaban J connectivity index is 1.41. The van der Waals surface area contributed by atoms with Crippen molar-refractivity contribution in [1.29, 1.82) is 0 Å². The maximum atomic E-state index is 14.0. The van der Waals surface area contributed by atoms with Crippen LogP contribution in [0, 0.1) is 0 Å². The van der Waals surface area contributed by atoms with Gasteiger partial charge in [-0.15, -0.1) is 0 Å². The summed E-state index contributed by atoms with van der Waals surface area (Å²) in [5.74, 6) is 0.481. The Bertz CT molecular complexity index is 770. The molecule has 152 valence electrons. The van der Waals surface area contributed by atoms with Crippen molar-refractivity contribution in [3.05, 3.63) is 11.3 Å². The van der Waals surface area contributed by atoms with Crippen molar-refractivity contribution in [3.63, 3.8) is 0 Å². The summed E-state index contributed by atoms with van der Waals surface area (Å²) in [6, 6.07) is 0.277. The second-order valence-electron chi connectivity index (χ2n) is 8.15. The molecule has 8 nitrogen and oxygen atoms in total. The van der Waals surface area contributed by atoms with Crippen LogP contribution in [-0.2, 0) is 11.3 Å². The average molecular weight is 391 g/mol. The fraction of sp³-hybridized carbons (Fsp3) is 0.737. The number of ether oxygens (including phenoxy) is 2. The van der Waals surface area contributed by atoms with E-state index < -0.39 is 6.17 Å². The summed E-state index contributed by atoms with van der Waals surface area (Å²) in [6.45, 7) is 4.95. The Morgan fingerprint density at radius 3 is 3.11 bits per heavy atom. The van der Waals surface area contributed by atoms with Crippen LogP contribution in [0.5, 0.6) is 6.01 Å². The van der Waals surface area contributed by atoms with Gasteiger partial charge < -0.3 is 19.7 Å². The number of hydrogen-bond donors (Lipinski definition) is 1. The van der Waals surface area contributed by atoms with Gasteiger partial charge in [-0.3, -0.25) is 9.69 Å². The molecule has 2 atom stereocenters. The molecule has 0 aliphatic carbocycles. The number of nitrogens with zero attached hydrogens (tertiary/aromatic N) is 4. The molecule has 5 rings (SSSR count). The molecule has 0 bridgehead atoms. The zero-order chi connectivity index (χ0) is 19.1. The predicted molar refractivity (Wildman–Crippen MR) is 99.4 cm³/mol. The molecule has 3 saturated heterocycles. The Morgan fingerprint density at radius 2 is 2.18 bits per heavy atom. The van der Waals surface area contributed by atoms with Crippen molar-refractivity contribution in [1.82, 2.24) is 20.2 Å². The van der Waals surface area contributed by atoms with Gasteiger partial charge in [-0.2, -0.15) is 9.97 Å². The first-order valence-corrected chi connectivity index (χ1v) is 10.2. The van der Waals surface area contributed by atoms with Gasteiger partial charge >= 0.3 is 6.01 Å². The molecule has 28 heavy (non-hydrogen) atoms. The monoisotopic (exact) mass is 391 g/mol. The van der Waals surface area contributed by atoms with E-state index in [1.165, 1.54) is 0 Å². The highest BCUT2D eigenvalue weighted by atomic mass is 19.1. The number of carbonyl (C=O) groups is 1. The van der Waals surface area contributed by atoms with Crippen molar-refractivity contribution in [2.24, 2.45) is 0 Å². The maximum absolute atomic E-state index is 14.0. The molecule has 3 fully saturated rings. The van der Waals surface area contributed by atoms with Crippen LogP contribution in [0.3, 0.4) is 0 Å². The standard InChI is InChI=1S/C19H26FN5O3/c20-13-9-19(3-1-5-25(19)11-13)12-28-18-22-14-10-21-17(26)15(14)16(23-18)24-4-2-7-27-8-6-24/h13H,1-12H2,(H,21,26)/t13-,19+/m1/s1. The first-order chi connectivity index (χ1) is 13.6. The summed E-state index contributed by atoms with van der Waals surface area (Å²) < 4.78 is 25.6. The fourth-order valence-corrected chi connectivity index (χ4v) is 4.98. The third-order valence-corrected chi connectivity index (χ3v) is 6.34. The number of hydrogen-bond acceptors (Lipinski definition) is 7. The molecule has 1 amide bonds. The number of rotatable bonds is 4. The molecule has 4 aliphatic rings. The van der Waals surface area contributed by atoms with Crippen molar-refractivity contribution >= 4 is 11.7 Å². The van der Waals surface area contributed by atoms with Gasteiger partial charge in [0, 0.05) is 32.7 Å². The lowest BCUT2D eigenvalue weighted by Crippen LogP contribution is -2.43. The van der Waals surface area contributed by atoms with Crippen LogP contribution < -0.4 is 15.0 Å². The molecule has 0 radical (unpaired) electrons. The number of amides is 1. The molecule has 5 heterocycles. The largest absolute Gasteiger partial charge is 0.461 e. The number of fused-ring (bicyclic) bond motifs is 2. The normalized spacial score (nSPS) is 30.1. The molecule has 0 unspecified atom stereocenters. The van der Waals surface area contributed by atoms with Crippen LogP contribution in [0.2, 0.25) is 0 Å². The van der Waals surface area contributed by atoms with E-state index in [1.54, 1.807) is 0 Å². The molecule has 0 spiro atoms. The van der Waals surface area contributed by atoms with Crippen molar-refractivity contribution in [2.75, 3.05) is 50.9 Å². The average Bonchev–Trinajstić information content (AvgIpc) is 3.23. The van der Waals surface area contributed by atoms with E-state index in [0.29, 0.717) is 63.0 Å². The minimum atomic E-state index is -0.792. The number of halogens is 1. The van der Waals surface area contributed by atoms with Gasteiger partial charge in [0.25, 0.3) is 5.91 Å². The van der Waals surface area contributed by atoms with Crippen LogP contribution in [0.4, 0.5) is 10.2 Å². The fourth-order valence-electron chi connectivity index (χ4n) is 4.98. The highest BCUT2D eigenvalue weighted by molar-refractivity contribution is 6.02. The SMILES string of the molecule is O=C1NCc2nc(OC[C@@]34CCCN3C[C@H](F)C4)nc(N3CCCOCC3)c21. The highest BCUT2D eigenvalue weighted by Crippen LogP contribution is 2.40. The van der Waals surface area contributed by atoms with Gasteiger partial charge in [0.05, 0.1) is 24.4 Å². The Morgan fingerprint density at radius 1 is 1.25 bits per heavy atom. The molecular formula is C19H26FN5O3. The van der Waals surface area contributed by atoms with E-state index in [0.717, 1.165) is 32.4 Å². The number of carbonyl (C=O) groups excluding carboxylic acids is 1. The maximum Gasteiger partial charge on any atom is 0.318 e. The van der Waals surface area contributed by atoms with E-state index in [1.807, 2.05) is 0 Å². The van der Waals surface area contributed by atoms with Crippen molar-refractivity contribution in [2.45, 2.75) is 43.9 Å².